The van der Waals surface area contributed by atoms with Crippen molar-refractivity contribution in [2.24, 2.45) is 0 Å². The molecule has 0 aromatic heterocycles. The molecule has 0 fully saturated rings. The summed E-state index contributed by atoms with van der Waals surface area (Å²) in [5.41, 5.74) is 7.42. The fourth-order valence-electron chi connectivity index (χ4n) is 3.91. The number of aromatic hydroxyl groups is 1. The highest BCUT2D eigenvalue weighted by molar-refractivity contribution is 5.94. The van der Waals surface area contributed by atoms with Crippen LogP contribution in [0.2, 0.25) is 0 Å². The van der Waals surface area contributed by atoms with Gasteiger partial charge in [0.2, 0.25) is 0 Å². The van der Waals surface area contributed by atoms with Gasteiger partial charge >= 0.3 is 6.15 Å². The number of carbonyl (C=O) groups excluding carboxylic acids is 3. The van der Waals surface area contributed by atoms with E-state index in [0.29, 0.717) is 12.2 Å². The second-order valence-corrected chi connectivity index (χ2v) is 9.51. The van der Waals surface area contributed by atoms with E-state index in [1.807, 2.05) is 78.9 Å². The maximum absolute atomic E-state index is 11.9. The highest BCUT2D eigenvalue weighted by Crippen LogP contribution is 2.27. The summed E-state index contributed by atoms with van der Waals surface area (Å²) in [6, 6.07) is 33.0. The van der Waals surface area contributed by atoms with Crippen LogP contribution in [0, 0.1) is 6.92 Å². The zero-order valence-electron chi connectivity index (χ0n) is 24.5. The summed E-state index contributed by atoms with van der Waals surface area (Å²) >= 11 is 0. The van der Waals surface area contributed by atoms with Gasteiger partial charge in [0.1, 0.15) is 18.1 Å². The van der Waals surface area contributed by atoms with Gasteiger partial charge in [-0.3, -0.25) is 4.79 Å². The van der Waals surface area contributed by atoms with Crippen molar-refractivity contribution in [1.82, 2.24) is 5.32 Å². The van der Waals surface area contributed by atoms with Gasteiger partial charge < -0.3 is 15.2 Å². The minimum Gasteiger partial charge on any atom is -0.508 e. The molecular formula is C36H37NO5. The van der Waals surface area contributed by atoms with Crippen molar-refractivity contribution in [2.75, 3.05) is 7.05 Å². The van der Waals surface area contributed by atoms with Crippen LogP contribution in [0.15, 0.2) is 121 Å². The Morgan fingerprint density at radius 3 is 2.10 bits per heavy atom. The molecule has 4 aromatic carbocycles. The quantitative estimate of drug-likeness (QED) is 0.219. The Morgan fingerprint density at radius 2 is 1.48 bits per heavy atom. The number of hydrogen-bond donors (Lipinski definition) is 2. The number of para-hydroxylation sites is 1. The molecule has 0 aliphatic carbocycles. The largest absolute Gasteiger partial charge is 0.508 e. The molecule has 0 atom stereocenters. The Morgan fingerprint density at radius 1 is 0.833 bits per heavy atom. The SMILES string of the molecule is CNC(=O)c1cccc(C/C(C)=C\C=C(/C)c2ccccc2OCc2ccc(O)cc2)c1.Cc1ccccc1.O=C=O. The normalized spacial score (nSPS) is 10.7. The highest BCUT2D eigenvalue weighted by atomic mass is 16.5. The smallest absolute Gasteiger partial charge is 0.373 e. The number of benzene rings is 4. The zero-order valence-corrected chi connectivity index (χ0v) is 24.5. The van der Waals surface area contributed by atoms with E-state index < -0.39 is 0 Å². The lowest BCUT2D eigenvalue weighted by atomic mass is 10.0. The molecule has 42 heavy (non-hydrogen) atoms. The number of allylic oxidation sites excluding steroid dienone is 4. The van der Waals surface area contributed by atoms with Gasteiger partial charge in [0.05, 0.1) is 0 Å². The zero-order chi connectivity index (χ0) is 30.7. The molecule has 0 aliphatic rings. The van der Waals surface area contributed by atoms with Crippen LogP contribution in [0.1, 0.15) is 46.5 Å². The van der Waals surface area contributed by atoms with Crippen molar-refractivity contribution in [1.29, 1.82) is 0 Å². The molecule has 0 saturated carbocycles. The number of nitrogens with one attached hydrogen (secondary N) is 1. The summed E-state index contributed by atoms with van der Waals surface area (Å²) in [6.45, 7) is 6.67. The molecule has 4 rings (SSSR count). The summed E-state index contributed by atoms with van der Waals surface area (Å²) in [5, 5.41) is 12.1. The Kier molecular flexibility index (Phi) is 14.3. The van der Waals surface area contributed by atoms with Gasteiger partial charge in [0, 0.05) is 18.2 Å². The second kappa shape index (κ2) is 18.2. The summed E-state index contributed by atoms with van der Waals surface area (Å²) in [5.74, 6) is 0.988. The third-order valence-electron chi connectivity index (χ3n) is 6.10. The highest BCUT2D eigenvalue weighted by Gasteiger charge is 2.06. The van der Waals surface area contributed by atoms with E-state index in [1.165, 1.54) is 11.1 Å². The van der Waals surface area contributed by atoms with Crippen molar-refractivity contribution < 1.29 is 24.2 Å². The Balaban J connectivity index is 0.000000523. The van der Waals surface area contributed by atoms with Crippen LogP contribution in [-0.4, -0.2) is 24.2 Å². The second-order valence-electron chi connectivity index (χ2n) is 9.51. The van der Waals surface area contributed by atoms with Crippen LogP contribution >= 0.6 is 0 Å². The van der Waals surface area contributed by atoms with Gasteiger partial charge in [0.15, 0.2) is 0 Å². The fraction of sp³-hybridized carbons (Fsp3) is 0.167. The topological polar surface area (TPSA) is 92.7 Å². The van der Waals surface area contributed by atoms with Crippen molar-refractivity contribution in [2.45, 2.75) is 33.8 Å². The van der Waals surface area contributed by atoms with Crippen LogP contribution in [0.4, 0.5) is 0 Å². The van der Waals surface area contributed by atoms with Gasteiger partial charge in [-0.15, -0.1) is 0 Å². The minimum absolute atomic E-state index is 0.0758. The van der Waals surface area contributed by atoms with Gasteiger partial charge in [-0.05, 0) is 74.2 Å². The number of ether oxygens (including phenoxy) is 1. The summed E-state index contributed by atoms with van der Waals surface area (Å²) < 4.78 is 6.05. The molecule has 4 aromatic rings. The maximum Gasteiger partial charge on any atom is 0.373 e. The van der Waals surface area contributed by atoms with Crippen LogP contribution in [0.5, 0.6) is 11.5 Å². The molecule has 0 bridgehead atoms. The molecule has 0 saturated heterocycles. The van der Waals surface area contributed by atoms with E-state index in [0.717, 1.165) is 34.4 Å². The first-order valence-electron chi connectivity index (χ1n) is 13.4. The number of carbonyl (C=O) groups is 1. The monoisotopic (exact) mass is 563 g/mol. The number of aryl methyl sites for hydroxylation is 1. The van der Waals surface area contributed by atoms with Gasteiger partial charge in [0.25, 0.3) is 5.91 Å². The third-order valence-corrected chi connectivity index (χ3v) is 6.10. The van der Waals surface area contributed by atoms with Crippen LogP contribution in [-0.2, 0) is 22.6 Å². The first-order chi connectivity index (χ1) is 20.3. The maximum atomic E-state index is 11.9. The number of hydrogen-bond acceptors (Lipinski definition) is 5. The van der Waals surface area contributed by atoms with Crippen molar-refractivity contribution in [3.05, 3.63) is 149 Å². The van der Waals surface area contributed by atoms with Crippen LogP contribution < -0.4 is 10.1 Å². The number of amides is 1. The van der Waals surface area contributed by atoms with Gasteiger partial charge in [-0.25, -0.2) is 0 Å². The lowest BCUT2D eigenvalue weighted by Gasteiger charge is -2.12. The molecule has 6 nitrogen and oxygen atoms in total. The molecule has 6 heteroatoms. The Labute approximate surface area is 248 Å². The minimum atomic E-state index is -0.0758. The lowest BCUT2D eigenvalue weighted by Crippen LogP contribution is -2.17. The Bertz CT molecular complexity index is 1500. The van der Waals surface area contributed by atoms with E-state index in [2.05, 4.69) is 50.4 Å². The molecule has 2 N–H and O–H groups in total. The van der Waals surface area contributed by atoms with E-state index >= 15 is 0 Å². The molecule has 0 spiro atoms. The fourth-order valence-corrected chi connectivity index (χ4v) is 3.91. The molecule has 0 radical (unpaired) electrons. The molecule has 0 aliphatic heterocycles. The molecule has 216 valence electrons. The number of rotatable bonds is 8. The average molecular weight is 564 g/mol. The predicted octanol–water partition coefficient (Wildman–Crippen LogP) is 7.33. The molecule has 0 unspecified atom stereocenters. The van der Waals surface area contributed by atoms with Gasteiger partial charge in [-0.2, -0.15) is 9.59 Å². The van der Waals surface area contributed by atoms with E-state index in [4.69, 9.17) is 14.3 Å². The summed E-state index contributed by atoms with van der Waals surface area (Å²) in [4.78, 5) is 28.1. The van der Waals surface area contributed by atoms with Gasteiger partial charge in [-0.1, -0.05) is 96.1 Å². The lowest BCUT2D eigenvalue weighted by molar-refractivity contribution is -0.191. The molecule has 0 heterocycles. The van der Waals surface area contributed by atoms with E-state index in [-0.39, 0.29) is 17.8 Å². The van der Waals surface area contributed by atoms with Crippen LogP contribution in [0.3, 0.4) is 0 Å². The predicted molar refractivity (Wildman–Crippen MR) is 166 cm³/mol. The Hall–Kier alpha value is -5.19. The summed E-state index contributed by atoms with van der Waals surface area (Å²) in [6.07, 6.45) is 5.23. The first-order valence-corrected chi connectivity index (χ1v) is 13.4. The average Bonchev–Trinajstić information content (AvgIpc) is 3.00. The van der Waals surface area contributed by atoms with E-state index in [1.54, 1.807) is 19.2 Å². The standard InChI is InChI=1S/C28H29NO3.C7H8.CO2/c1-20(17-23-7-6-8-24(18-23)28(31)29-3)11-12-21(2)26-9-4-5-10-27(26)32-19-22-13-15-25(30)16-14-22;1-7-5-3-2-4-6-7;2-1-3/h4-16,18,30H,17,19H2,1-3H3,(H,29,31);2-6H,1H3;/b20-11-,21-12+;;. The van der Waals surface area contributed by atoms with Crippen molar-refractivity contribution >= 4 is 17.6 Å². The first kappa shape index (κ1) is 33.0. The molecular weight excluding hydrogens is 526 g/mol. The van der Waals surface area contributed by atoms with Crippen LogP contribution in [0.25, 0.3) is 5.57 Å². The number of phenols is 1. The summed E-state index contributed by atoms with van der Waals surface area (Å²) in [7, 11) is 1.64. The number of phenolic OH excluding ortho intramolecular Hbond substituents is 1. The van der Waals surface area contributed by atoms with Crippen molar-refractivity contribution in [3.8, 4) is 11.5 Å². The molecule has 1 amide bonds. The van der Waals surface area contributed by atoms with E-state index in [9.17, 15) is 9.90 Å². The van der Waals surface area contributed by atoms with Crippen molar-refractivity contribution in [3.63, 3.8) is 0 Å². The third kappa shape index (κ3) is 11.9.